The first-order valence-electron chi connectivity index (χ1n) is 6.20. The molecule has 0 aliphatic rings. The van der Waals surface area contributed by atoms with E-state index >= 15 is 0 Å². The summed E-state index contributed by atoms with van der Waals surface area (Å²) >= 11 is 0. The second-order valence-electron chi connectivity index (χ2n) is 4.25. The van der Waals surface area contributed by atoms with Gasteiger partial charge in [-0.2, -0.15) is 0 Å². The Bertz CT molecular complexity index is 431. The van der Waals surface area contributed by atoms with Gasteiger partial charge in [-0.25, -0.2) is 0 Å². The molecule has 1 aromatic rings. The molecule has 0 saturated heterocycles. The van der Waals surface area contributed by atoms with Gasteiger partial charge in [-0.1, -0.05) is 19.1 Å². The molecule has 1 aromatic carbocycles. The van der Waals surface area contributed by atoms with Crippen molar-refractivity contribution in [3.05, 3.63) is 39.9 Å². The molecule has 0 atom stereocenters. The van der Waals surface area contributed by atoms with Gasteiger partial charge in [0.05, 0.1) is 11.3 Å². The SMILES string of the molecule is CCN(CCC(=O)O)CCc1ccc([N+](=O)[O-])cc1. The summed E-state index contributed by atoms with van der Waals surface area (Å²) in [5, 5.41) is 19.2. The van der Waals surface area contributed by atoms with Crippen LogP contribution in [0.2, 0.25) is 0 Å². The number of hydrogen-bond donors (Lipinski definition) is 1. The fraction of sp³-hybridized carbons (Fsp3) is 0.462. The van der Waals surface area contributed by atoms with Crippen molar-refractivity contribution in [2.24, 2.45) is 0 Å². The lowest BCUT2D eigenvalue weighted by molar-refractivity contribution is -0.384. The van der Waals surface area contributed by atoms with E-state index in [0.717, 1.165) is 25.1 Å². The summed E-state index contributed by atoms with van der Waals surface area (Å²) in [6.45, 7) is 4.05. The molecule has 0 heterocycles. The number of carboxylic acid groups (broad SMARTS) is 1. The zero-order chi connectivity index (χ0) is 14.3. The summed E-state index contributed by atoms with van der Waals surface area (Å²) in [4.78, 5) is 22.6. The van der Waals surface area contributed by atoms with Crippen LogP contribution in [0, 0.1) is 10.1 Å². The van der Waals surface area contributed by atoms with Crippen molar-refractivity contribution in [3.63, 3.8) is 0 Å². The topological polar surface area (TPSA) is 83.7 Å². The van der Waals surface area contributed by atoms with Gasteiger partial charge in [-0.15, -0.1) is 0 Å². The van der Waals surface area contributed by atoms with Gasteiger partial charge in [-0.05, 0) is 18.5 Å². The molecule has 0 fully saturated rings. The molecule has 104 valence electrons. The predicted octanol–water partition coefficient (Wildman–Crippen LogP) is 1.93. The lowest BCUT2D eigenvalue weighted by Gasteiger charge is -2.19. The van der Waals surface area contributed by atoms with Crippen LogP contribution in [0.25, 0.3) is 0 Å². The molecule has 1 rings (SSSR count). The molecule has 0 radical (unpaired) electrons. The number of nitro benzene ring substituents is 1. The van der Waals surface area contributed by atoms with Crippen molar-refractivity contribution in [1.82, 2.24) is 4.90 Å². The van der Waals surface area contributed by atoms with Gasteiger partial charge >= 0.3 is 5.97 Å². The van der Waals surface area contributed by atoms with Crippen LogP contribution in [0.1, 0.15) is 18.9 Å². The van der Waals surface area contributed by atoms with E-state index in [1.165, 1.54) is 12.1 Å². The first kappa shape index (κ1) is 15.1. The highest BCUT2D eigenvalue weighted by Gasteiger charge is 2.07. The maximum absolute atomic E-state index is 10.5. The number of non-ortho nitro benzene ring substituents is 1. The summed E-state index contributed by atoms with van der Waals surface area (Å²) in [6, 6.07) is 6.46. The van der Waals surface area contributed by atoms with E-state index in [-0.39, 0.29) is 12.1 Å². The summed E-state index contributed by atoms with van der Waals surface area (Å²) in [5.74, 6) is -0.797. The Balaban J connectivity index is 2.45. The molecule has 0 amide bonds. The molecule has 0 spiro atoms. The lowest BCUT2D eigenvalue weighted by Crippen LogP contribution is -2.28. The molecule has 0 aliphatic carbocycles. The van der Waals surface area contributed by atoms with Crippen LogP contribution in [0.5, 0.6) is 0 Å². The van der Waals surface area contributed by atoms with E-state index in [9.17, 15) is 14.9 Å². The second-order valence-corrected chi connectivity index (χ2v) is 4.25. The predicted molar refractivity (Wildman–Crippen MR) is 71.2 cm³/mol. The standard InChI is InChI=1S/C13H18N2O4/c1-2-14(10-8-13(16)17)9-7-11-3-5-12(6-4-11)15(18)19/h3-6H,2,7-10H2,1H3,(H,16,17). The minimum atomic E-state index is -0.797. The summed E-state index contributed by atoms with van der Waals surface area (Å²) in [6.07, 6.45) is 0.888. The molecule has 0 unspecified atom stereocenters. The van der Waals surface area contributed by atoms with Crippen LogP contribution in [-0.4, -0.2) is 40.5 Å². The average molecular weight is 266 g/mol. The number of likely N-dealkylation sites (N-methyl/N-ethyl adjacent to an activating group) is 1. The zero-order valence-corrected chi connectivity index (χ0v) is 10.9. The highest BCUT2D eigenvalue weighted by atomic mass is 16.6. The molecular formula is C13H18N2O4. The van der Waals surface area contributed by atoms with E-state index in [1.807, 2.05) is 6.92 Å². The first-order chi connectivity index (χ1) is 9.02. The number of carboxylic acids is 1. The van der Waals surface area contributed by atoms with Crippen LogP contribution in [0.15, 0.2) is 24.3 Å². The van der Waals surface area contributed by atoms with Crippen LogP contribution in [0.4, 0.5) is 5.69 Å². The minimum absolute atomic E-state index is 0.0852. The second kappa shape index (κ2) is 7.48. The summed E-state index contributed by atoms with van der Waals surface area (Å²) < 4.78 is 0. The Morgan fingerprint density at radius 1 is 1.32 bits per heavy atom. The normalized spacial score (nSPS) is 10.6. The monoisotopic (exact) mass is 266 g/mol. The summed E-state index contributed by atoms with van der Waals surface area (Å²) in [5.41, 5.74) is 1.10. The number of rotatable bonds is 8. The van der Waals surface area contributed by atoms with Crippen LogP contribution in [-0.2, 0) is 11.2 Å². The summed E-state index contributed by atoms with van der Waals surface area (Å²) in [7, 11) is 0. The Morgan fingerprint density at radius 3 is 2.42 bits per heavy atom. The molecule has 1 N–H and O–H groups in total. The van der Waals surface area contributed by atoms with Gasteiger partial charge in [-0.3, -0.25) is 14.9 Å². The zero-order valence-electron chi connectivity index (χ0n) is 10.9. The molecule has 0 aromatic heterocycles. The number of hydrogen-bond acceptors (Lipinski definition) is 4. The Morgan fingerprint density at radius 2 is 1.95 bits per heavy atom. The Kier molecular flexibility index (Phi) is 5.95. The highest BCUT2D eigenvalue weighted by Crippen LogP contribution is 2.12. The highest BCUT2D eigenvalue weighted by molar-refractivity contribution is 5.66. The van der Waals surface area contributed by atoms with E-state index in [1.54, 1.807) is 12.1 Å². The maximum Gasteiger partial charge on any atom is 0.304 e. The number of nitro groups is 1. The number of aliphatic carboxylic acids is 1. The van der Waals surface area contributed by atoms with Crippen molar-refractivity contribution < 1.29 is 14.8 Å². The molecular weight excluding hydrogens is 248 g/mol. The van der Waals surface area contributed by atoms with E-state index < -0.39 is 10.9 Å². The molecule has 0 bridgehead atoms. The van der Waals surface area contributed by atoms with Crippen molar-refractivity contribution in [2.45, 2.75) is 19.8 Å². The fourth-order valence-electron chi connectivity index (χ4n) is 1.75. The van der Waals surface area contributed by atoms with Gasteiger partial charge in [0.15, 0.2) is 0 Å². The quantitative estimate of drug-likeness (QED) is 0.574. The third-order valence-electron chi connectivity index (χ3n) is 2.95. The van der Waals surface area contributed by atoms with Crippen molar-refractivity contribution in [2.75, 3.05) is 19.6 Å². The van der Waals surface area contributed by atoms with Crippen LogP contribution >= 0.6 is 0 Å². The van der Waals surface area contributed by atoms with E-state index in [4.69, 9.17) is 5.11 Å². The minimum Gasteiger partial charge on any atom is -0.481 e. The molecule has 6 heteroatoms. The van der Waals surface area contributed by atoms with E-state index in [0.29, 0.717) is 6.54 Å². The van der Waals surface area contributed by atoms with E-state index in [2.05, 4.69) is 4.90 Å². The molecule has 6 nitrogen and oxygen atoms in total. The largest absolute Gasteiger partial charge is 0.481 e. The maximum atomic E-state index is 10.5. The Labute approximate surface area is 111 Å². The average Bonchev–Trinajstić information content (AvgIpc) is 2.39. The fourth-order valence-corrected chi connectivity index (χ4v) is 1.75. The van der Waals surface area contributed by atoms with Crippen molar-refractivity contribution in [3.8, 4) is 0 Å². The molecule has 0 aliphatic heterocycles. The van der Waals surface area contributed by atoms with Gasteiger partial charge in [0.2, 0.25) is 0 Å². The number of benzene rings is 1. The van der Waals surface area contributed by atoms with Crippen LogP contribution < -0.4 is 0 Å². The first-order valence-corrected chi connectivity index (χ1v) is 6.20. The van der Waals surface area contributed by atoms with Gasteiger partial charge in [0.1, 0.15) is 0 Å². The van der Waals surface area contributed by atoms with Gasteiger partial charge in [0, 0.05) is 25.2 Å². The van der Waals surface area contributed by atoms with Crippen LogP contribution in [0.3, 0.4) is 0 Å². The third kappa shape index (κ3) is 5.48. The number of nitrogens with zero attached hydrogens (tertiary/aromatic N) is 2. The van der Waals surface area contributed by atoms with Gasteiger partial charge < -0.3 is 10.0 Å². The van der Waals surface area contributed by atoms with Crippen molar-refractivity contribution >= 4 is 11.7 Å². The molecule has 19 heavy (non-hydrogen) atoms. The molecule has 0 saturated carbocycles. The lowest BCUT2D eigenvalue weighted by atomic mass is 10.1. The van der Waals surface area contributed by atoms with Crippen molar-refractivity contribution in [1.29, 1.82) is 0 Å². The van der Waals surface area contributed by atoms with Gasteiger partial charge in [0.25, 0.3) is 5.69 Å². The number of carbonyl (C=O) groups is 1. The smallest absolute Gasteiger partial charge is 0.304 e. The Hall–Kier alpha value is -1.95. The third-order valence-corrected chi connectivity index (χ3v) is 2.95.